The second-order valence-corrected chi connectivity index (χ2v) is 7.08. The van der Waals surface area contributed by atoms with Crippen LogP contribution in [0.15, 0.2) is 23.1 Å². The first-order valence-electron chi connectivity index (χ1n) is 6.35. The van der Waals surface area contributed by atoms with Gasteiger partial charge in [-0.2, -0.15) is 0 Å². The summed E-state index contributed by atoms with van der Waals surface area (Å²) >= 11 is 0. The molecular weight excluding hydrogens is 298 g/mol. The molecule has 1 heterocycles. The summed E-state index contributed by atoms with van der Waals surface area (Å²) in [5, 5.41) is 8.69. The van der Waals surface area contributed by atoms with Crippen LogP contribution < -0.4 is 14.2 Å². The Labute approximate surface area is 122 Å². The van der Waals surface area contributed by atoms with Crippen molar-refractivity contribution < 1.29 is 27.8 Å². The van der Waals surface area contributed by atoms with Gasteiger partial charge in [0.05, 0.1) is 4.90 Å². The number of hydrogen-bond acceptors (Lipinski definition) is 5. The molecule has 7 nitrogen and oxygen atoms in total. The third kappa shape index (κ3) is 3.85. The Bertz CT molecular complexity index is 653. The van der Waals surface area contributed by atoms with Crippen molar-refractivity contribution in [2.24, 2.45) is 0 Å². The second-order valence-electron chi connectivity index (χ2n) is 5.40. The molecule has 0 spiro atoms. The quantitative estimate of drug-likeness (QED) is 0.821. The average molecular weight is 315 g/mol. The number of fused-ring (bicyclic) bond motifs is 1. The van der Waals surface area contributed by atoms with Crippen LogP contribution in [-0.4, -0.2) is 31.8 Å². The first-order chi connectivity index (χ1) is 9.70. The van der Waals surface area contributed by atoms with Gasteiger partial charge in [-0.1, -0.05) is 0 Å². The Balaban J connectivity index is 2.16. The van der Waals surface area contributed by atoms with Crippen molar-refractivity contribution >= 4 is 16.0 Å². The lowest BCUT2D eigenvalue weighted by atomic mass is 10.0. The molecule has 0 amide bonds. The number of nitrogens with one attached hydrogen (secondary N) is 1. The van der Waals surface area contributed by atoms with Crippen molar-refractivity contribution in [2.75, 3.05) is 6.79 Å². The predicted molar refractivity (Wildman–Crippen MR) is 73.8 cm³/mol. The lowest BCUT2D eigenvalue weighted by molar-refractivity contribution is -0.137. The Kier molecular flexibility index (Phi) is 4.11. The van der Waals surface area contributed by atoms with Gasteiger partial charge in [0, 0.05) is 18.0 Å². The van der Waals surface area contributed by atoms with Crippen LogP contribution in [0.1, 0.15) is 26.7 Å². The van der Waals surface area contributed by atoms with E-state index in [9.17, 15) is 13.2 Å². The molecule has 1 aromatic rings. The van der Waals surface area contributed by atoms with Crippen LogP contribution in [0.3, 0.4) is 0 Å². The summed E-state index contributed by atoms with van der Waals surface area (Å²) in [7, 11) is -3.77. The van der Waals surface area contributed by atoms with Crippen LogP contribution in [0.25, 0.3) is 0 Å². The molecule has 21 heavy (non-hydrogen) atoms. The second kappa shape index (κ2) is 5.53. The first-order valence-corrected chi connectivity index (χ1v) is 7.83. The summed E-state index contributed by atoms with van der Waals surface area (Å²) in [4.78, 5) is 10.7. The molecule has 0 unspecified atom stereocenters. The van der Waals surface area contributed by atoms with Gasteiger partial charge in [0.1, 0.15) is 0 Å². The highest BCUT2D eigenvalue weighted by Crippen LogP contribution is 2.34. The predicted octanol–water partition coefficient (Wildman–Crippen LogP) is 1.34. The van der Waals surface area contributed by atoms with Gasteiger partial charge in [0.25, 0.3) is 0 Å². The maximum absolute atomic E-state index is 12.3. The minimum atomic E-state index is -3.77. The molecular formula is C13H17NO6S. The van der Waals surface area contributed by atoms with E-state index in [0.717, 1.165) is 0 Å². The molecule has 2 rings (SSSR count). The number of carboxylic acids is 1. The van der Waals surface area contributed by atoms with Gasteiger partial charge >= 0.3 is 5.97 Å². The van der Waals surface area contributed by atoms with Gasteiger partial charge in [-0.15, -0.1) is 0 Å². The summed E-state index contributed by atoms with van der Waals surface area (Å²) in [6.45, 7) is 3.34. The minimum absolute atomic E-state index is 0.0511. The van der Waals surface area contributed by atoms with Crippen molar-refractivity contribution in [2.45, 2.75) is 37.1 Å². The number of carbonyl (C=O) groups is 1. The first kappa shape index (κ1) is 15.6. The molecule has 0 aliphatic carbocycles. The van der Waals surface area contributed by atoms with Gasteiger partial charge in [0.15, 0.2) is 11.5 Å². The van der Waals surface area contributed by atoms with E-state index in [1.165, 1.54) is 18.2 Å². The van der Waals surface area contributed by atoms with Crippen LogP contribution in [-0.2, 0) is 14.8 Å². The summed E-state index contributed by atoms with van der Waals surface area (Å²) in [5.74, 6) is -0.0920. The molecule has 0 bridgehead atoms. The molecule has 1 aromatic carbocycles. The van der Waals surface area contributed by atoms with E-state index >= 15 is 0 Å². The Morgan fingerprint density at radius 1 is 1.33 bits per heavy atom. The van der Waals surface area contributed by atoms with Crippen LogP contribution in [0.4, 0.5) is 0 Å². The largest absolute Gasteiger partial charge is 0.481 e. The molecule has 2 N–H and O–H groups in total. The van der Waals surface area contributed by atoms with Gasteiger partial charge in [-0.25, -0.2) is 13.1 Å². The highest BCUT2D eigenvalue weighted by atomic mass is 32.2. The number of ether oxygens (including phenoxy) is 2. The van der Waals surface area contributed by atoms with Crippen molar-refractivity contribution in [1.29, 1.82) is 0 Å². The monoisotopic (exact) mass is 315 g/mol. The zero-order valence-electron chi connectivity index (χ0n) is 11.8. The molecule has 0 aromatic heterocycles. The van der Waals surface area contributed by atoms with Gasteiger partial charge in [0.2, 0.25) is 16.8 Å². The Hall–Kier alpha value is -1.80. The summed E-state index contributed by atoms with van der Waals surface area (Å²) in [5.41, 5.74) is -0.867. The third-order valence-corrected chi connectivity index (χ3v) is 4.72. The summed E-state index contributed by atoms with van der Waals surface area (Å²) in [6.07, 6.45) is 0.0722. The Morgan fingerprint density at radius 2 is 2.00 bits per heavy atom. The van der Waals surface area contributed by atoms with Crippen molar-refractivity contribution in [3.63, 3.8) is 0 Å². The SMILES string of the molecule is CC(C)(CCC(=O)O)NS(=O)(=O)c1ccc2c(c1)OCO2. The maximum atomic E-state index is 12.3. The number of rotatable bonds is 6. The number of benzene rings is 1. The summed E-state index contributed by atoms with van der Waals surface area (Å²) < 4.78 is 37.5. The van der Waals surface area contributed by atoms with Gasteiger partial charge in [-0.3, -0.25) is 4.79 Å². The molecule has 0 saturated carbocycles. The number of carboxylic acid groups (broad SMARTS) is 1. The van der Waals surface area contributed by atoms with E-state index in [4.69, 9.17) is 14.6 Å². The van der Waals surface area contributed by atoms with E-state index in [2.05, 4.69) is 4.72 Å². The standard InChI is InChI=1S/C13H17NO6S/c1-13(2,6-5-12(15)16)14-21(17,18)9-3-4-10-11(7-9)20-8-19-10/h3-4,7,14H,5-6,8H2,1-2H3,(H,15,16). The molecule has 0 fully saturated rings. The number of aliphatic carboxylic acids is 1. The normalized spacial score (nSPS) is 14.2. The van der Waals surface area contributed by atoms with Gasteiger partial charge < -0.3 is 14.6 Å². The van der Waals surface area contributed by atoms with Crippen molar-refractivity contribution in [3.05, 3.63) is 18.2 Å². The van der Waals surface area contributed by atoms with Crippen LogP contribution >= 0.6 is 0 Å². The number of hydrogen-bond donors (Lipinski definition) is 2. The highest BCUT2D eigenvalue weighted by molar-refractivity contribution is 7.89. The molecule has 8 heteroatoms. The number of sulfonamides is 1. The Morgan fingerprint density at radius 3 is 2.67 bits per heavy atom. The molecule has 0 radical (unpaired) electrons. The van der Waals surface area contributed by atoms with E-state index in [1.54, 1.807) is 13.8 Å². The molecule has 1 aliphatic rings. The minimum Gasteiger partial charge on any atom is -0.481 e. The lowest BCUT2D eigenvalue weighted by Gasteiger charge is -2.25. The molecule has 116 valence electrons. The molecule has 0 atom stereocenters. The van der Waals surface area contributed by atoms with Crippen molar-refractivity contribution in [1.82, 2.24) is 4.72 Å². The fraction of sp³-hybridized carbons (Fsp3) is 0.462. The zero-order chi connectivity index (χ0) is 15.7. The summed E-state index contributed by atoms with van der Waals surface area (Å²) in [6, 6.07) is 4.34. The zero-order valence-corrected chi connectivity index (χ0v) is 12.6. The van der Waals surface area contributed by atoms with E-state index in [-0.39, 0.29) is 24.5 Å². The third-order valence-electron chi connectivity index (χ3n) is 3.03. The maximum Gasteiger partial charge on any atom is 0.303 e. The van der Waals surface area contributed by atoms with E-state index in [0.29, 0.717) is 11.5 Å². The smallest absolute Gasteiger partial charge is 0.303 e. The van der Waals surface area contributed by atoms with Gasteiger partial charge in [-0.05, 0) is 32.4 Å². The highest BCUT2D eigenvalue weighted by Gasteiger charge is 2.28. The fourth-order valence-electron chi connectivity index (χ4n) is 1.94. The topological polar surface area (TPSA) is 102 Å². The fourth-order valence-corrected chi connectivity index (χ4v) is 3.39. The molecule has 1 aliphatic heterocycles. The van der Waals surface area contributed by atoms with E-state index < -0.39 is 21.5 Å². The van der Waals surface area contributed by atoms with Crippen LogP contribution in [0.2, 0.25) is 0 Å². The van der Waals surface area contributed by atoms with Crippen LogP contribution in [0.5, 0.6) is 11.5 Å². The average Bonchev–Trinajstić information content (AvgIpc) is 2.82. The van der Waals surface area contributed by atoms with Crippen LogP contribution in [0, 0.1) is 0 Å². The molecule has 0 saturated heterocycles. The van der Waals surface area contributed by atoms with Crippen molar-refractivity contribution in [3.8, 4) is 11.5 Å². The van der Waals surface area contributed by atoms with E-state index in [1.807, 2.05) is 0 Å². The lowest BCUT2D eigenvalue weighted by Crippen LogP contribution is -2.43.